The molecule has 0 bridgehead atoms. The molecule has 0 aliphatic rings. The number of rotatable bonds is 10. The molecule has 0 saturated heterocycles. The fourth-order valence-electron chi connectivity index (χ4n) is 13.8. The number of hydrogen-bond donors (Lipinski definition) is 0. The van der Waals surface area contributed by atoms with Crippen molar-refractivity contribution in [1.29, 1.82) is 0 Å². The molecule has 0 saturated carbocycles. The molecule has 2 nitrogen and oxygen atoms in total. The fraction of sp³-hybridized carbons (Fsp3) is 0.0732. The van der Waals surface area contributed by atoms with Gasteiger partial charge in [0.2, 0.25) is 0 Å². The third-order valence-corrected chi connectivity index (χ3v) is 20.9. The van der Waals surface area contributed by atoms with Crippen molar-refractivity contribution in [3.05, 3.63) is 288 Å². The van der Waals surface area contributed by atoms with Crippen molar-refractivity contribution in [1.82, 2.24) is 0 Å². The first-order valence-electron chi connectivity index (χ1n) is 29.8. The summed E-state index contributed by atoms with van der Waals surface area (Å²) in [4.78, 5) is 5.04. The van der Waals surface area contributed by atoms with Gasteiger partial charge in [-0.1, -0.05) is 182 Å². The van der Waals surface area contributed by atoms with Gasteiger partial charge in [-0.2, -0.15) is 0 Å². The number of thiophene rings is 2. The summed E-state index contributed by atoms with van der Waals surface area (Å²) in [5.74, 6) is 0. The van der Waals surface area contributed by atoms with Gasteiger partial charge in [0.05, 0.1) is 11.4 Å². The highest BCUT2D eigenvalue weighted by Gasteiger charge is 2.27. The van der Waals surface area contributed by atoms with E-state index in [0.29, 0.717) is 0 Å². The molecule has 0 unspecified atom stereocenters. The zero-order valence-electron chi connectivity index (χ0n) is 49.0. The van der Waals surface area contributed by atoms with E-state index in [1.807, 2.05) is 22.7 Å². The molecule has 2 aromatic heterocycles. The summed E-state index contributed by atoms with van der Waals surface area (Å²) in [6.07, 6.45) is 0. The Bertz CT molecular complexity index is 4990. The van der Waals surface area contributed by atoms with Crippen molar-refractivity contribution in [2.45, 2.75) is 41.5 Å². The molecule has 0 fully saturated rings. The van der Waals surface area contributed by atoms with Crippen LogP contribution in [0.5, 0.6) is 0 Å². The van der Waals surface area contributed by atoms with E-state index < -0.39 is 0 Å². The lowest BCUT2D eigenvalue weighted by Crippen LogP contribution is -2.12. The normalized spacial score (nSPS) is 11.8. The van der Waals surface area contributed by atoms with Gasteiger partial charge in [0.15, 0.2) is 0 Å². The van der Waals surface area contributed by atoms with E-state index in [9.17, 15) is 0 Å². The van der Waals surface area contributed by atoms with E-state index in [1.165, 1.54) is 151 Å². The number of aryl methyl sites for hydroxylation is 4. The maximum Gasteiger partial charge on any atom is 0.0546 e. The Morgan fingerprint density at radius 3 is 1.01 bits per heavy atom. The van der Waals surface area contributed by atoms with Crippen molar-refractivity contribution in [3.8, 4) is 44.5 Å². The molecular weight excluding hydrogens is 1080 g/mol. The molecule has 0 spiro atoms. The predicted molar refractivity (Wildman–Crippen MR) is 375 cm³/mol. The van der Waals surface area contributed by atoms with Crippen LogP contribution in [-0.4, -0.2) is 0 Å². The maximum absolute atomic E-state index is 2.52. The third-order valence-electron chi connectivity index (χ3n) is 18.5. The predicted octanol–water partition coefficient (Wildman–Crippen LogP) is 24.8. The number of para-hydroxylation sites is 2. The molecule has 0 aliphatic heterocycles. The number of fused-ring (bicyclic) bond motifs is 6. The Labute approximate surface area is 510 Å². The van der Waals surface area contributed by atoms with Crippen LogP contribution in [-0.2, 0) is 0 Å². The first-order valence-corrected chi connectivity index (χ1v) is 31.4. The quantitative estimate of drug-likeness (QED) is 0.126. The van der Waals surface area contributed by atoms with Crippen LogP contribution in [0.1, 0.15) is 33.4 Å². The third kappa shape index (κ3) is 8.34. The van der Waals surface area contributed by atoms with E-state index in [0.717, 1.165) is 34.1 Å². The van der Waals surface area contributed by atoms with Gasteiger partial charge < -0.3 is 9.80 Å². The Balaban J connectivity index is 1.00. The molecule has 0 N–H and O–H groups in total. The second kappa shape index (κ2) is 20.5. The lowest BCUT2D eigenvalue weighted by atomic mass is 9.84. The summed E-state index contributed by atoms with van der Waals surface area (Å²) >= 11 is 3.77. The number of hydrogen-bond acceptors (Lipinski definition) is 4. The van der Waals surface area contributed by atoms with Crippen molar-refractivity contribution in [2.75, 3.05) is 9.80 Å². The van der Waals surface area contributed by atoms with Crippen molar-refractivity contribution < 1.29 is 0 Å². The van der Waals surface area contributed by atoms with Crippen molar-refractivity contribution >= 4 is 129 Å². The highest BCUT2D eigenvalue weighted by Crippen LogP contribution is 2.54. The van der Waals surface area contributed by atoms with E-state index in [2.05, 4.69) is 306 Å². The maximum atomic E-state index is 2.52. The van der Waals surface area contributed by atoms with Gasteiger partial charge in [0, 0.05) is 84.6 Å². The molecule has 0 amide bonds. The minimum Gasteiger partial charge on any atom is -0.310 e. The van der Waals surface area contributed by atoms with Gasteiger partial charge in [-0.05, 0) is 203 Å². The summed E-state index contributed by atoms with van der Waals surface area (Å²) in [7, 11) is 0. The van der Waals surface area contributed by atoms with E-state index in [-0.39, 0.29) is 0 Å². The minimum atomic E-state index is 1.09. The molecule has 16 rings (SSSR count). The molecule has 0 aliphatic carbocycles. The van der Waals surface area contributed by atoms with E-state index >= 15 is 0 Å². The van der Waals surface area contributed by atoms with E-state index in [1.54, 1.807) is 0 Å². The van der Waals surface area contributed by atoms with E-state index in [4.69, 9.17) is 0 Å². The summed E-state index contributed by atoms with van der Waals surface area (Å²) < 4.78 is 5.23. The molecule has 14 aromatic carbocycles. The highest BCUT2D eigenvalue weighted by molar-refractivity contribution is 7.26. The number of anilines is 6. The van der Waals surface area contributed by atoms with Crippen LogP contribution in [0.15, 0.2) is 255 Å². The van der Waals surface area contributed by atoms with Crippen molar-refractivity contribution in [2.24, 2.45) is 0 Å². The Morgan fingerprint density at radius 2 is 0.593 bits per heavy atom. The fourth-order valence-corrected chi connectivity index (χ4v) is 16.2. The SMILES string of the molecule is Cc1cc(-c2cc(N(c3ccccc3)c3cccc(-c4cccc5c4sc4ccccc45)c3)c3ccc4c(-c5cc(C)c(C)c(C)c5)cc(N(c5ccccc5)c5cccc(-c6cccc7c6sc6ccccc67)c5)c5ccc2c3c45)cc(C)c1C. The average Bonchev–Trinajstić information content (AvgIpc) is 0.953. The zero-order chi connectivity index (χ0) is 57.9. The average molecular weight is 1140 g/mol. The minimum absolute atomic E-state index is 1.09. The summed E-state index contributed by atoms with van der Waals surface area (Å²) in [5.41, 5.74) is 24.1. The summed E-state index contributed by atoms with van der Waals surface area (Å²) in [6, 6.07) is 96.1. The smallest absolute Gasteiger partial charge is 0.0546 e. The standard InChI is InChI=1S/C82H60N2S2/c1-49-41-57(42-50(2)53(49)5)73-47-75(83(59-23-9-7-10-24-59)61-27-17-21-55(45-61)63-31-19-33-69-65-29-13-15-35-77(65)85-81(63)69)71-40-38-68-74(58-43-51(3)54(6)52(4)44-58)48-76(72-39-37-67(73)79(71)80(68)72)84(60-25-11-8-12-26-60)62-28-18-22-56(46-62)64-32-20-34-70-66-30-14-16-36-78(66)86-82(64)70/h7-48H,1-6H3. The first kappa shape index (κ1) is 51.8. The molecule has 0 radical (unpaired) electrons. The largest absolute Gasteiger partial charge is 0.310 e. The van der Waals surface area contributed by atoms with Crippen LogP contribution in [0.2, 0.25) is 0 Å². The van der Waals surface area contributed by atoms with Crippen LogP contribution in [0, 0.1) is 41.5 Å². The summed E-state index contributed by atoms with van der Waals surface area (Å²) in [6.45, 7) is 13.6. The highest BCUT2D eigenvalue weighted by atomic mass is 32.1. The van der Waals surface area contributed by atoms with Gasteiger partial charge in [0.1, 0.15) is 0 Å². The van der Waals surface area contributed by atoms with Crippen LogP contribution < -0.4 is 9.80 Å². The molecular formula is C82H60N2S2. The van der Waals surface area contributed by atoms with Crippen LogP contribution in [0.4, 0.5) is 34.1 Å². The molecule has 410 valence electrons. The molecule has 0 atom stereocenters. The molecule has 16 aromatic rings. The number of benzene rings is 14. The molecule has 86 heavy (non-hydrogen) atoms. The van der Waals surface area contributed by atoms with Gasteiger partial charge in [-0.25, -0.2) is 0 Å². The lowest BCUT2D eigenvalue weighted by Gasteiger charge is -2.31. The van der Waals surface area contributed by atoms with Gasteiger partial charge >= 0.3 is 0 Å². The monoisotopic (exact) mass is 1140 g/mol. The van der Waals surface area contributed by atoms with Gasteiger partial charge in [-0.15, -0.1) is 22.7 Å². The molecule has 4 heteroatoms. The Hall–Kier alpha value is -9.84. The first-order chi connectivity index (χ1) is 42.1. The van der Waals surface area contributed by atoms with Crippen LogP contribution >= 0.6 is 22.7 Å². The Kier molecular flexibility index (Phi) is 12.3. The van der Waals surface area contributed by atoms with Crippen molar-refractivity contribution in [3.63, 3.8) is 0 Å². The van der Waals surface area contributed by atoms with Crippen LogP contribution in [0.25, 0.3) is 117 Å². The molecule has 2 heterocycles. The van der Waals surface area contributed by atoms with Gasteiger partial charge in [-0.3, -0.25) is 0 Å². The second-order valence-electron chi connectivity index (χ2n) is 23.4. The number of nitrogens with zero attached hydrogens (tertiary/aromatic N) is 2. The Morgan fingerprint density at radius 1 is 0.244 bits per heavy atom. The topological polar surface area (TPSA) is 6.48 Å². The van der Waals surface area contributed by atoms with Gasteiger partial charge in [0.25, 0.3) is 0 Å². The lowest BCUT2D eigenvalue weighted by molar-refractivity contribution is 1.27. The van der Waals surface area contributed by atoms with Crippen LogP contribution in [0.3, 0.4) is 0 Å². The summed E-state index contributed by atoms with van der Waals surface area (Å²) in [5, 5.41) is 12.5. The zero-order valence-corrected chi connectivity index (χ0v) is 50.6. The second-order valence-corrected chi connectivity index (χ2v) is 25.5.